The second-order valence-electron chi connectivity index (χ2n) is 8.15. The first-order valence-electron chi connectivity index (χ1n) is 11.1. The van der Waals surface area contributed by atoms with Gasteiger partial charge in [0.1, 0.15) is 0 Å². The summed E-state index contributed by atoms with van der Waals surface area (Å²) in [6, 6.07) is 7.10. The van der Waals surface area contributed by atoms with E-state index in [1.54, 1.807) is 12.1 Å². The van der Waals surface area contributed by atoms with Gasteiger partial charge in [-0.1, -0.05) is 44.7 Å². The molecular formula is C24H34O7. The van der Waals surface area contributed by atoms with Gasteiger partial charge in [-0.2, -0.15) is 0 Å². The van der Waals surface area contributed by atoms with Crippen LogP contribution >= 0.6 is 0 Å². The number of aliphatic hydroxyl groups is 1. The summed E-state index contributed by atoms with van der Waals surface area (Å²) in [5, 5.41) is 9.93. The molecule has 31 heavy (non-hydrogen) atoms. The van der Waals surface area contributed by atoms with Crippen LogP contribution in [0, 0.1) is 5.92 Å². The van der Waals surface area contributed by atoms with E-state index in [0.29, 0.717) is 5.92 Å². The molecule has 0 spiro atoms. The second kappa shape index (κ2) is 12.4. The highest BCUT2D eigenvalue weighted by Gasteiger charge is 2.37. The first kappa shape index (κ1) is 24.9. The van der Waals surface area contributed by atoms with Crippen molar-refractivity contribution in [1.29, 1.82) is 0 Å². The highest BCUT2D eigenvalue weighted by atomic mass is 16.6. The highest BCUT2D eigenvalue weighted by Crippen LogP contribution is 2.37. The van der Waals surface area contributed by atoms with Crippen LogP contribution in [-0.4, -0.2) is 49.4 Å². The van der Waals surface area contributed by atoms with E-state index >= 15 is 0 Å². The van der Waals surface area contributed by atoms with Gasteiger partial charge < -0.3 is 19.3 Å². The number of carbonyl (C=O) groups excluding carboxylic acids is 3. The van der Waals surface area contributed by atoms with Crippen LogP contribution in [0.15, 0.2) is 24.3 Å². The molecule has 1 aromatic carbocycles. The zero-order valence-electron chi connectivity index (χ0n) is 18.7. The van der Waals surface area contributed by atoms with Crippen molar-refractivity contribution in [1.82, 2.24) is 0 Å². The van der Waals surface area contributed by atoms with Crippen molar-refractivity contribution in [3.8, 4) is 0 Å². The molecule has 0 radical (unpaired) electrons. The van der Waals surface area contributed by atoms with E-state index in [1.165, 1.54) is 44.1 Å². The Labute approximate surface area is 184 Å². The van der Waals surface area contributed by atoms with Crippen molar-refractivity contribution in [2.24, 2.45) is 5.92 Å². The fraction of sp³-hybridized carbons (Fsp3) is 0.625. The molecule has 1 aromatic rings. The lowest BCUT2D eigenvalue weighted by Gasteiger charge is -2.29. The molecule has 1 aliphatic rings. The average Bonchev–Trinajstić information content (AvgIpc) is 2.81. The fourth-order valence-corrected chi connectivity index (χ4v) is 4.14. The van der Waals surface area contributed by atoms with Crippen LogP contribution < -0.4 is 0 Å². The Morgan fingerprint density at radius 1 is 0.968 bits per heavy atom. The Balaban J connectivity index is 1.95. The second-order valence-corrected chi connectivity index (χ2v) is 8.15. The third-order valence-corrected chi connectivity index (χ3v) is 6.08. The number of methoxy groups -OCH3 is 2. The van der Waals surface area contributed by atoms with Gasteiger partial charge in [-0.05, 0) is 55.2 Å². The molecule has 0 aromatic heterocycles. The van der Waals surface area contributed by atoms with E-state index in [1.807, 2.05) is 12.1 Å². The Morgan fingerprint density at radius 3 is 2.13 bits per heavy atom. The number of unbranched alkanes of at least 4 members (excludes halogenated alkanes) is 2. The van der Waals surface area contributed by atoms with Crippen LogP contribution in [0.25, 0.3) is 0 Å². The molecule has 1 aliphatic carbocycles. The maximum absolute atomic E-state index is 12.5. The highest BCUT2D eigenvalue weighted by molar-refractivity contribution is 5.93. The van der Waals surface area contributed by atoms with Gasteiger partial charge in [0.15, 0.2) is 6.10 Å². The Kier molecular flexibility index (Phi) is 9.98. The predicted molar refractivity (Wildman–Crippen MR) is 115 cm³/mol. The number of carbonyl (C=O) groups is 3. The van der Waals surface area contributed by atoms with Crippen molar-refractivity contribution in [3.05, 3.63) is 35.4 Å². The molecular weight excluding hydrogens is 400 g/mol. The van der Waals surface area contributed by atoms with Gasteiger partial charge >= 0.3 is 17.9 Å². The summed E-state index contributed by atoms with van der Waals surface area (Å²) in [6.07, 6.45) is 6.23. The zero-order chi connectivity index (χ0) is 22.8. The molecule has 172 valence electrons. The molecule has 1 fully saturated rings. The molecule has 0 aliphatic heterocycles. The standard InChI is InChI=1S/C24H34O7/c1-4-5-6-7-16-8-10-17(11-9-16)18-12-14-19(15-13-18)22(26)31-21(24(28)30-3)20(25)23(27)29-2/h12-17,20-21,25H,4-11H2,1-3H3/t16-,17-,20-,21-/m1/s1. The molecule has 0 heterocycles. The summed E-state index contributed by atoms with van der Waals surface area (Å²) >= 11 is 0. The van der Waals surface area contributed by atoms with Crippen molar-refractivity contribution in [2.45, 2.75) is 76.4 Å². The van der Waals surface area contributed by atoms with Gasteiger partial charge in [-0.3, -0.25) is 0 Å². The van der Waals surface area contributed by atoms with E-state index < -0.39 is 30.1 Å². The van der Waals surface area contributed by atoms with E-state index in [-0.39, 0.29) is 5.56 Å². The number of benzene rings is 1. The van der Waals surface area contributed by atoms with Crippen LogP contribution in [-0.2, 0) is 23.8 Å². The molecule has 7 nitrogen and oxygen atoms in total. The Bertz CT molecular complexity index is 720. The molecule has 0 bridgehead atoms. The molecule has 0 saturated heterocycles. The van der Waals surface area contributed by atoms with Gasteiger partial charge in [0.2, 0.25) is 6.10 Å². The topological polar surface area (TPSA) is 99.1 Å². The van der Waals surface area contributed by atoms with E-state index in [2.05, 4.69) is 16.4 Å². The van der Waals surface area contributed by atoms with E-state index in [4.69, 9.17) is 4.74 Å². The zero-order valence-corrected chi connectivity index (χ0v) is 18.7. The molecule has 0 amide bonds. The van der Waals surface area contributed by atoms with Crippen molar-refractivity contribution in [2.75, 3.05) is 14.2 Å². The number of ether oxygens (including phenoxy) is 3. The normalized spacial score (nSPS) is 20.4. The van der Waals surface area contributed by atoms with Crippen molar-refractivity contribution < 1.29 is 33.7 Å². The average molecular weight is 435 g/mol. The minimum atomic E-state index is -1.96. The smallest absolute Gasteiger partial charge is 0.350 e. The number of rotatable bonds is 10. The number of hydrogen-bond donors (Lipinski definition) is 1. The van der Waals surface area contributed by atoms with Crippen LogP contribution in [0.4, 0.5) is 0 Å². The molecule has 1 saturated carbocycles. The summed E-state index contributed by atoms with van der Waals surface area (Å²) in [5.74, 6) is -1.66. The van der Waals surface area contributed by atoms with Crippen LogP contribution in [0.1, 0.15) is 80.1 Å². The molecule has 7 heteroatoms. The lowest BCUT2D eigenvalue weighted by atomic mass is 9.77. The summed E-state index contributed by atoms with van der Waals surface area (Å²) in [6.45, 7) is 2.23. The summed E-state index contributed by atoms with van der Waals surface area (Å²) in [4.78, 5) is 35.8. The predicted octanol–water partition coefficient (Wildman–Crippen LogP) is 3.77. The monoisotopic (exact) mass is 434 g/mol. The van der Waals surface area contributed by atoms with Crippen LogP contribution in [0.2, 0.25) is 0 Å². The summed E-state index contributed by atoms with van der Waals surface area (Å²) in [5.41, 5.74) is 1.41. The molecule has 1 N–H and O–H groups in total. The minimum Gasteiger partial charge on any atom is -0.467 e. The maximum atomic E-state index is 12.5. The van der Waals surface area contributed by atoms with Gasteiger partial charge in [-0.25, -0.2) is 14.4 Å². The Hall–Kier alpha value is -2.41. The quantitative estimate of drug-likeness (QED) is 0.340. The number of hydrogen-bond acceptors (Lipinski definition) is 7. The number of esters is 3. The summed E-state index contributed by atoms with van der Waals surface area (Å²) < 4.78 is 14.0. The van der Waals surface area contributed by atoms with Crippen molar-refractivity contribution in [3.63, 3.8) is 0 Å². The van der Waals surface area contributed by atoms with Gasteiger partial charge in [-0.15, -0.1) is 0 Å². The number of aliphatic hydroxyl groups excluding tert-OH is 1. The summed E-state index contributed by atoms with van der Waals surface area (Å²) in [7, 11) is 2.12. The lowest BCUT2D eigenvalue weighted by Crippen LogP contribution is -2.44. The Morgan fingerprint density at radius 2 is 1.58 bits per heavy atom. The van der Waals surface area contributed by atoms with Crippen LogP contribution in [0.3, 0.4) is 0 Å². The largest absolute Gasteiger partial charge is 0.467 e. The van der Waals surface area contributed by atoms with Crippen molar-refractivity contribution >= 4 is 17.9 Å². The first-order chi connectivity index (χ1) is 14.9. The molecule has 0 unspecified atom stereocenters. The molecule has 2 atom stereocenters. The van der Waals surface area contributed by atoms with Crippen LogP contribution in [0.5, 0.6) is 0 Å². The van der Waals surface area contributed by atoms with Gasteiger partial charge in [0.25, 0.3) is 0 Å². The third kappa shape index (κ3) is 7.06. The molecule has 2 rings (SSSR count). The van der Waals surface area contributed by atoms with Gasteiger partial charge in [0, 0.05) is 0 Å². The fourth-order valence-electron chi connectivity index (χ4n) is 4.14. The lowest BCUT2D eigenvalue weighted by molar-refractivity contribution is -0.170. The maximum Gasteiger partial charge on any atom is 0.350 e. The van der Waals surface area contributed by atoms with E-state index in [9.17, 15) is 19.5 Å². The van der Waals surface area contributed by atoms with Gasteiger partial charge in [0.05, 0.1) is 19.8 Å². The third-order valence-electron chi connectivity index (χ3n) is 6.08. The van der Waals surface area contributed by atoms with E-state index in [0.717, 1.165) is 33.0 Å². The first-order valence-corrected chi connectivity index (χ1v) is 11.1. The minimum absolute atomic E-state index is 0.225. The SMILES string of the molecule is CCCCC[C@H]1CC[C@H](c2ccc(C(=O)O[C@@H](C(=O)OC)[C@@H](O)C(=O)OC)cc2)CC1.